The average molecular weight is 268 g/mol. The first-order valence-corrected chi connectivity index (χ1v) is 5.79. The van der Waals surface area contributed by atoms with Gasteiger partial charge in [-0.2, -0.15) is 0 Å². The van der Waals surface area contributed by atoms with E-state index in [1.54, 1.807) is 0 Å². The first kappa shape index (κ1) is 13.6. The van der Waals surface area contributed by atoms with E-state index < -0.39 is 27.2 Å². The van der Waals surface area contributed by atoms with Gasteiger partial charge in [0.15, 0.2) is 5.75 Å². The lowest BCUT2D eigenvalue weighted by atomic mass is 10.3. The fraction of sp³-hybridized carbons (Fsp3) is 0.375. The molecule has 0 saturated carbocycles. The van der Waals surface area contributed by atoms with Crippen molar-refractivity contribution in [3.63, 3.8) is 0 Å². The predicted molar refractivity (Wildman–Crippen MR) is 53.7 cm³/mol. The van der Waals surface area contributed by atoms with Crippen molar-refractivity contribution >= 4 is 10.0 Å². The number of halogens is 2. The van der Waals surface area contributed by atoms with Crippen LogP contribution in [0.3, 0.4) is 0 Å². The highest BCUT2D eigenvalue weighted by molar-refractivity contribution is 7.89. The molecule has 0 unspecified atom stereocenters. The average Bonchev–Trinajstić information content (AvgIpc) is 2.25. The number of ether oxygens (including phenoxy) is 2. The van der Waals surface area contributed by atoms with E-state index in [0.29, 0.717) is 0 Å². The zero-order valence-corrected chi connectivity index (χ0v) is 9.79. The van der Waals surface area contributed by atoms with Crippen LogP contribution < -0.4 is 14.6 Å². The van der Waals surface area contributed by atoms with Crippen molar-refractivity contribution < 1.29 is 26.7 Å². The molecule has 6 nitrogen and oxygen atoms in total. The maximum atomic E-state index is 12.6. The highest BCUT2D eigenvalue weighted by Gasteiger charge is 2.25. The van der Waals surface area contributed by atoms with Crippen LogP contribution in [0.15, 0.2) is 11.1 Å². The zero-order chi connectivity index (χ0) is 13.2. The fourth-order valence-electron chi connectivity index (χ4n) is 1.14. The van der Waals surface area contributed by atoms with E-state index in [1.165, 1.54) is 0 Å². The number of hydrogen-bond donors (Lipinski definition) is 1. The predicted octanol–water partition coefficient (Wildman–Crippen LogP) is 0.684. The number of sulfonamides is 1. The molecule has 1 aromatic heterocycles. The lowest BCUT2D eigenvalue weighted by molar-refractivity contribution is 0.140. The smallest absolute Gasteiger partial charge is 0.284 e. The first-order chi connectivity index (χ1) is 7.81. The van der Waals surface area contributed by atoms with Gasteiger partial charge in [-0.25, -0.2) is 27.3 Å². The Hall–Kier alpha value is -1.48. The van der Waals surface area contributed by atoms with E-state index in [-0.39, 0.29) is 11.5 Å². The first-order valence-electron chi connectivity index (χ1n) is 4.25. The lowest BCUT2D eigenvalue weighted by Crippen LogP contribution is -2.16. The van der Waals surface area contributed by atoms with Crippen molar-refractivity contribution in [3.8, 4) is 11.5 Å². The Morgan fingerprint density at radius 1 is 1.29 bits per heavy atom. The molecule has 9 heteroatoms. The molecule has 0 atom stereocenters. The Morgan fingerprint density at radius 3 is 2.18 bits per heavy atom. The molecule has 1 heterocycles. The second-order valence-electron chi connectivity index (χ2n) is 2.93. The van der Waals surface area contributed by atoms with Gasteiger partial charge in [-0.05, 0) is 0 Å². The summed E-state index contributed by atoms with van der Waals surface area (Å²) in [6.45, 7) is 0. The summed E-state index contributed by atoms with van der Waals surface area (Å²) in [6, 6.07) is 0.994. The topological polar surface area (TPSA) is 91.5 Å². The third-order valence-electron chi connectivity index (χ3n) is 1.86. The van der Waals surface area contributed by atoms with Crippen molar-refractivity contribution in [3.05, 3.63) is 11.8 Å². The normalized spacial score (nSPS) is 11.6. The van der Waals surface area contributed by atoms with Crippen LogP contribution in [0.5, 0.6) is 11.5 Å². The lowest BCUT2D eigenvalue weighted by Gasteiger charge is -2.11. The minimum atomic E-state index is -4.25. The van der Waals surface area contributed by atoms with Gasteiger partial charge >= 0.3 is 0 Å². The molecule has 17 heavy (non-hydrogen) atoms. The largest absolute Gasteiger partial charge is 0.494 e. The van der Waals surface area contributed by atoms with Crippen molar-refractivity contribution in [1.29, 1.82) is 0 Å². The van der Waals surface area contributed by atoms with E-state index in [9.17, 15) is 17.2 Å². The zero-order valence-electron chi connectivity index (χ0n) is 8.98. The quantitative estimate of drug-likeness (QED) is 0.867. The molecule has 0 fully saturated rings. The molecule has 0 aliphatic carbocycles. The minimum Gasteiger partial charge on any atom is -0.494 e. The monoisotopic (exact) mass is 268 g/mol. The van der Waals surface area contributed by atoms with Crippen LogP contribution in [-0.2, 0) is 10.0 Å². The second kappa shape index (κ2) is 4.80. The molecule has 0 bridgehead atoms. The van der Waals surface area contributed by atoms with Gasteiger partial charge in [0, 0.05) is 6.07 Å². The molecule has 2 N–H and O–H groups in total. The molecule has 0 aliphatic rings. The Morgan fingerprint density at radius 2 is 1.82 bits per heavy atom. The van der Waals surface area contributed by atoms with Crippen LogP contribution in [0, 0.1) is 0 Å². The number of methoxy groups -OCH3 is 2. The summed E-state index contributed by atoms with van der Waals surface area (Å²) in [7, 11) is -1.94. The number of nitrogens with zero attached hydrogens (tertiary/aromatic N) is 1. The van der Waals surface area contributed by atoms with Gasteiger partial charge < -0.3 is 9.47 Å². The molecule has 0 saturated heterocycles. The summed E-state index contributed by atoms with van der Waals surface area (Å²) in [5.41, 5.74) is -0.808. The number of aromatic nitrogens is 1. The molecule has 96 valence electrons. The number of rotatable bonds is 4. The van der Waals surface area contributed by atoms with E-state index in [1.807, 2.05) is 0 Å². The molecular weight excluding hydrogens is 258 g/mol. The highest BCUT2D eigenvalue weighted by Crippen LogP contribution is 2.33. The Bertz CT molecular complexity index is 519. The van der Waals surface area contributed by atoms with Gasteiger partial charge in [-0.1, -0.05) is 0 Å². The van der Waals surface area contributed by atoms with Crippen molar-refractivity contribution in [1.82, 2.24) is 4.98 Å². The van der Waals surface area contributed by atoms with E-state index in [2.05, 4.69) is 9.72 Å². The Balaban J connectivity index is 3.56. The molecule has 0 radical (unpaired) electrons. The minimum absolute atomic E-state index is 0.256. The molecule has 0 aromatic carbocycles. The van der Waals surface area contributed by atoms with Crippen molar-refractivity contribution in [2.45, 2.75) is 11.5 Å². The summed E-state index contributed by atoms with van der Waals surface area (Å²) in [5.74, 6) is -0.530. The Labute approximate surface area is 96.4 Å². The maximum Gasteiger partial charge on any atom is 0.284 e. The molecule has 1 aromatic rings. The summed E-state index contributed by atoms with van der Waals surface area (Å²) in [4.78, 5) is 3.27. The fourth-order valence-corrected chi connectivity index (χ4v) is 1.79. The van der Waals surface area contributed by atoms with Crippen LogP contribution in [0.4, 0.5) is 8.78 Å². The van der Waals surface area contributed by atoms with Gasteiger partial charge in [-0.15, -0.1) is 0 Å². The molecule has 0 amide bonds. The maximum absolute atomic E-state index is 12.6. The van der Waals surface area contributed by atoms with Crippen molar-refractivity contribution in [2.75, 3.05) is 14.2 Å². The van der Waals surface area contributed by atoms with E-state index in [0.717, 1.165) is 20.3 Å². The number of primary sulfonamides is 1. The summed E-state index contributed by atoms with van der Waals surface area (Å²) < 4.78 is 56.8. The standard InChI is InChI=1S/C8H10F2N2O4S/c1-15-4-3-5(16-2)8(17(11,13)14)12-6(4)7(9)10/h3,7H,1-2H3,(H2,11,13,14). The van der Waals surface area contributed by atoms with Crippen LogP contribution in [0.1, 0.15) is 12.1 Å². The Kier molecular flexibility index (Phi) is 3.83. The summed E-state index contributed by atoms with van der Waals surface area (Å²) in [6.07, 6.45) is -2.99. The molecular formula is C8H10F2N2O4S. The summed E-state index contributed by atoms with van der Waals surface area (Å²) >= 11 is 0. The molecule has 0 spiro atoms. The van der Waals surface area contributed by atoms with Crippen LogP contribution >= 0.6 is 0 Å². The molecule has 1 rings (SSSR count). The summed E-state index contributed by atoms with van der Waals surface area (Å²) in [5, 5.41) is 4.08. The second-order valence-corrected chi connectivity index (χ2v) is 4.41. The van der Waals surface area contributed by atoms with Gasteiger partial charge in [0.1, 0.15) is 11.4 Å². The van der Waals surface area contributed by atoms with Gasteiger partial charge in [-0.3, -0.25) is 0 Å². The van der Waals surface area contributed by atoms with Crippen molar-refractivity contribution in [2.24, 2.45) is 5.14 Å². The highest BCUT2D eigenvalue weighted by atomic mass is 32.2. The van der Waals surface area contributed by atoms with Crippen LogP contribution in [-0.4, -0.2) is 27.6 Å². The van der Waals surface area contributed by atoms with Gasteiger partial charge in [0.2, 0.25) is 5.03 Å². The number of pyridine rings is 1. The molecule has 0 aliphatic heterocycles. The van der Waals surface area contributed by atoms with Crippen LogP contribution in [0.2, 0.25) is 0 Å². The van der Waals surface area contributed by atoms with Gasteiger partial charge in [0.25, 0.3) is 16.4 Å². The number of hydrogen-bond acceptors (Lipinski definition) is 5. The number of alkyl halides is 2. The van der Waals surface area contributed by atoms with E-state index in [4.69, 9.17) is 9.88 Å². The van der Waals surface area contributed by atoms with Gasteiger partial charge in [0.05, 0.1) is 14.2 Å². The van der Waals surface area contributed by atoms with E-state index >= 15 is 0 Å². The number of nitrogens with two attached hydrogens (primary N) is 1. The SMILES string of the molecule is COc1cc(OC)c(S(N)(=O)=O)nc1C(F)F. The third kappa shape index (κ3) is 2.80. The third-order valence-corrected chi connectivity index (χ3v) is 2.69. The van der Waals surface area contributed by atoms with Crippen LogP contribution in [0.25, 0.3) is 0 Å².